The molecule has 0 atom stereocenters. The first-order valence-electron chi connectivity index (χ1n) is 7.61. The number of hydrogen-bond acceptors (Lipinski definition) is 6. The van der Waals surface area contributed by atoms with E-state index in [0.717, 1.165) is 6.07 Å². The van der Waals surface area contributed by atoms with Crippen LogP contribution in [0.5, 0.6) is 0 Å². The van der Waals surface area contributed by atoms with Crippen molar-refractivity contribution in [1.82, 2.24) is 19.7 Å². The van der Waals surface area contributed by atoms with Gasteiger partial charge in [-0.15, -0.1) is 0 Å². The number of nitrogens with two attached hydrogens (primary N) is 1. The van der Waals surface area contributed by atoms with E-state index in [1.165, 1.54) is 35.4 Å². The molecule has 3 aromatic rings. The molecule has 27 heavy (non-hydrogen) atoms. The second-order valence-electron chi connectivity index (χ2n) is 5.42. The van der Waals surface area contributed by atoms with Gasteiger partial charge in [0, 0.05) is 18.6 Å². The number of amides is 2. The minimum atomic E-state index is -1.36. The van der Waals surface area contributed by atoms with E-state index >= 15 is 0 Å². The van der Waals surface area contributed by atoms with E-state index in [4.69, 9.17) is 10.8 Å². The number of nitrogen functional groups attached to an aromatic ring is 1. The predicted molar refractivity (Wildman–Crippen MR) is 93.8 cm³/mol. The van der Waals surface area contributed by atoms with Crippen LogP contribution in [0.2, 0.25) is 0 Å². The minimum absolute atomic E-state index is 0.00632. The van der Waals surface area contributed by atoms with Crippen LogP contribution >= 0.6 is 0 Å². The van der Waals surface area contributed by atoms with Crippen LogP contribution in [0.15, 0.2) is 43.0 Å². The summed E-state index contributed by atoms with van der Waals surface area (Å²) in [5, 5.41) is 17.4. The van der Waals surface area contributed by atoms with Crippen molar-refractivity contribution < 1.29 is 19.1 Å². The van der Waals surface area contributed by atoms with Gasteiger partial charge in [-0.05, 0) is 17.7 Å². The van der Waals surface area contributed by atoms with Gasteiger partial charge in [0.15, 0.2) is 11.5 Å². The molecule has 5 N–H and O–H groups in total. The number of carboxylic acid groups (broad SMARTS) is 1. The van der Waals surface area contributed by atoms with E-state index in [-0.39, 0.29) is 23.7 Å². The first-order valence-corrected chi connectivity index (χ1v) is 7.61. The minimum Gasteiger partial charge on any atom is -0.465 e. The molecule has 0 aliphatic heterocycles. The molecule has 2 amide bonds. The molecule has 0 bridgehead atoms. The molecule has 0 aliphatic rings. The zero-order chi connectivity index (χ0) is 19.4. The van der Waals surface area contributed by atoms with Crippen molar-refractivity contribution in [3.63, 3.8) is 0 Å². The van der Waals surface area contributed by atoms with Gasteiger partial charge in [-0.25, -0.2) is 19.2 Å². The third-order valence-electron chi connectivity index (χ3n) is 3.45. The quantitative estimate of drug-likeness (QED) is 0.534. The summed E-state index contributed by atoms with van der Waals surface area (Å²) in [6, 6.07) is 4.02. The number of aromatic nitrogens is 4. The Kier molecular flexibility index (Phi) is 4.92. The van der Waals surface area contributed by atoms with E-state index in [1.807, 2.05) is 5.32 Å². The zero-order valence-corrected chi connectivity index (χ0v) is 13.8. The molecule has 138 valence electrons. The summed E-state index contributed by atoms with van der Waals surface area (Å²) in [5.41, 5.74) is 6.46. The van der Waals surface area contributed by atoms with Crippen molar-refractivity contribution in [2.75, 3.05) is 16.4 Å². The molecule has 1 aromatic carbocycles. The standard InChI is InChI=1S/C16H14FN7O3/c17-11-2-1-9(5-12(11)23-16(26)27)7-24-8-10(6-21-24)22-15(25)13-14(18)20-4-3-19-13/h1-6,8,23H,7H2,(H2,18,20)(H,22,25)(H,26,27). The number of carbonyl (C=O) groups excluding carboxylic acids is 1. The van der Waals surface area contributed by atoms with Crippen molar-refractivity contribution in [3.8, 4) is 0 Å². The third-order valence-corrected chi connectivity index (χ3v) is 3.45. The van der Waals surface area contributed by atoms with Crippen LogP contribution in [-0.2, 0) is 6.54 Å². The fourth-order valence-electron chi connectivity index (χ4n) is 2.30. The number of hydrogen-bond donors (Lipinski definition) is 4. The Hall–Kier alpha value is -4.02. The summed E-state index contributed by atoms with van der Waals surface area (Å²) < 4.78 is 15.1. The second kappa shape index (κ2) is 7.47. The molecule has 0 saturated carbocycles. The summed E-state index contributed by atoms with van der Waals surface area (Å²) in [6.45, 7) is 0.234. The first-order chi connectivity index (χ1) is 12.9. The fourth-order valence-corrected chi connectivity index (χ4v) is 2.30. The summed E-state index contributed by atoms with van der Waals surface area (Å²) in [4.78, 5) is 30.5. The molecule has 0 aliphatic carbocycles. The first kappa shape index (κ1) is 17.8. The van der Waals surface area contributed by atoms with E-state index < -0.39 is 17.8 Å². The number of anilines is 3. The van der Waals surface area contributed by atoms with Crippen LogP contribution in [0.1, 0.15) is 16.1 Å². The Morgan fingerprint density at radius 2 is 2.00 bits per heavy atom. The van der Waals surface area contributed by atoms with E-state index in [0.29, 0.717) is 11.3 Å². The van der Waals surface area contributed by atoms with Gasteiger partial charge in [0.1, 0.15) is 5.82 Å². The monoisotopic (exact) mass is 371 g/mol. The molecule has 10 nitrogen and oxygen atoms in total. The van der Waals surface area contributed by atoms with Crippen LogP contribution in [0.25, 0.3) is 0 Å². The Labute approximate surface area is 151 Å². The van der Waals surface area contributed by atoms with Gasteiger partial charge < -0.3 is 16.2 Å². The maximum Gasteiger partial charge on any atom is 0.409 e. The highest BCUT2D eigenvalue weighted by atomic mass is 19.1. The Morgan fingerprint density at radius 3 is 2.74 bits per heavy atom. The lowest BCUT2D eigenvalue weighted by molar-refractivity contribution is 0.102. The Morgan fingerprint density at radius 1 is 1.22 bits per heavy atom. The van der Waals surface area contributed by atoms with Crippen molar-refractivity contribution in [2.45, 2.75) is 6.54 Å². The predicted octanol–water partition coefficient (Wildman–Crippen LogP) is 1.78. The topological polar surface area (TPSA) is 148 Å². The smallest absolute Gasteiger partial charge is 0.409 e. The van der Waals surface area contributed by atoms with Crippen LogP contribution < -0.4 is 16.4 Å². The number of nitrogens with one attached hydrogen (secondary N) is 2. The molecule has 0 radical (unpaired) electrons. The average molecular weight is 371 g/mol. The maximum atomic E-state index is 13.6. The average Bonchev–Trinajstić information content (AvgIpc) is 3.04. The zero-order valence-electron chi connectivity index (χ0n) is 13.8. The van der Waals surface area contributed by atoms with Gasteiger partial charge in [-0.2, -0.15) is 5.10 Å². The SMILES string of the molecule is Nc1nccnc1C(=O)Nc1cnn(Cc2ccc(F)c(NC(=O)O)c2)c1. The van der Waals surface area contributed by atoms with E-state index in [1.54, 1.807) is 6.20 Å². The molecule has 2 heterocycles. The number of nitrogens with zero attached hydrogens (tertiary/aromatic N) is 4. The molecule has 0 fully saturated rings. The number of carbonyl (C=O) groups is 2. The van der Waals surface area contributed by atoms with E-state index in [2.05, 4.69) is 20.4 Å². The van der Waals surface area contributed by atoms with Gasteiger partial charge in [0.25, 0.3) is 5.91 Å². The van der Waals surface area contributed by atoms with E-state index in [9.17, 15) is 14.0 Å². The lowest BCUT2D eigenvalue weighted by Gasteiger charge is -2.07. The second-order valence-corrected chi connectivity index (χ2v) is 5.42. The molecule has 11 heteroatoms. The summed E-state index contributed by atoms with van der Waals surface area (Å²) in [7, 11) is 0. The number of halogens is 1. The summed E-state index contributed by atoms with van der Waals surface area (Å²) >= 11 is 0. The Balaban J connectivity index is 1.70. The van der Waals surface area contributed by atoms with Crippen LogP contribution in [0.4, 0.5) is 26.4 Å². The molecular formula is C16H14FN7O3. The lowest BCUT2D eigenvalue weighted by atomic mass is 10.2. The van der Waals surface area contributed by atoms with Crippen LogP contribution in [-0.4, -0.2) is 36.9 Å². The highest BCUT2D eigenvalue weighted by Gasteiger charge is 2.13. The van der Waals surface area contributed by atoms with Crippen molar-refractivity contribution >= 4 is 29.2 Å². The van der Waals surface area contributed by atoms with Gasteiger partial charge >= 0.3 is 6.09 Å². The van der Waals surface area contributed by atoms with Crippen molar-refractivity contribution in [2.24, 2.45) is 0 Å². The third kappa shape index (κ3) is 4.34. The molecular weight excluding hydrogens is 357 g/mol. The number of rotatable bonds is 5. The summed E-state index contributed by atoms with van der Waals surface area (Å²) in [5.74, 6) is -1.21. The fraction of sp³-hybridized carbons (Fsp3) is 0.0625. The highest BCUT2D eigenvalue weighted by molar-refractivity contribution is 6.05. The molecule has 2 aromatic heterocycles. The Bertz CT molecular complexity index is 1010. The van der Waals surface area contributed by atoms with Crippen LogP contribution in [0, 0.1) is 5.82 Å². The highest BCUT2D eigenvalue weighted by Crippen LogP contribution is 2.18. The molecule has 0 spiro atoms. The summed E-state index contributed by atoms with van der Waals surface area (Å²) in [6.07, 6.45) is 4.34. The van der Waals surface area contributed by atoms with Crippen molar-refractivity contribution in [3.05, 3.63) is 60.1 Å². The van der Waals surface area contributed by atoms with Crippen molar-refractivity contribution in [1.29, 1.82) is 0 Å². The lowest BCUT2D eigenvalue weighted by Crippen LogP contribution is -2.16. The normalized spacial score (nSPS) is 10.4. The molecule has 0 saturated heterocycles. The maximum absolute atomic E-state index is 13.6. The largest absolute Gasteiger partial charge is 0.465 e. The van der Waals surface area contributed by atoms with Gasteiger partial charge in [0.05, 0.1) is 24.1 Å². The van der Waals surface area contributed by atoms with Gasteiger partial charge in [-0.3, -0.25) is 14.8 Å². The number of benzene rings is 1. The molecule has 0 unspecified atom stereocenters. The van der Waals surface area contributed by atoms with Gasteiger partial charge in [0.2, 0.25) is 0 Å². The van der Waals surface area contributed by atoms with Crippen LogP contribution in [0.3, 0.4) is 0 Å². The van der Waals surface area contributed by atoms with Gasteiger partial charge in [-0.1, -0.05) is 6.07 Å². The molecule has 3 rings (SSSR count).